The van der Waals surface area contributed by atoms with Crippen LogP contribution < -0.4 is 5.14 Å². The number of hydrogen-bond acceptors (Lipinski definition) is 6. The lowest BCUT2D eigenvalue weighted by molar-refractivity contribution is 0.0344. The zero-order valence-corrected chi connectivity index (χ0v) is 20.9. The summed E-state index contributed by atoms with van der Waals surface area (Å²) in [5.74, 6) is 0.233. The fourth-order valence-electron chi connectivity index (χ4n) is 4.57. The van der Waals surface area contributed by atoms with Gasteiger partial charge in [0.15, 0.2) is 0 Å². The van der Waals surface area contributed by atoms with Gasteiger partial charge < -0.3 is 9.29 Å². The van der Waals surface area contributed by atoms with Crippen molar-refractivity contribution in [2.24, 2.45) is 5.14 Å². The van der Waals surface area contributed by atoms with E-state index in [0.29, 0.717) is 5.56 Å². The Hall–Kier alpha value is -2.47. The number of nitrogens with two attached hydrogens (primary N) is 1. The fourth-order valence-corrected chi connectivity index (χ4v) is 4.98. The van der Waals surface area contributed by atoms with Gasteiger partial charge in [-0.05, 0) is 49.1 Å². The molecule has 1 aliphatic heterocycles. The highest BCUT2D eigenvalue weighted by atomic mass is 32.2. The van der Waals surface area contributed by atoms with Crippen molar-refractivity contribution < 1.29 is 9.29 Å². The Morgan fingerprint density at radius 2 is 1.88 bits per heavy atom. The maximum Gasteiger partial charge on any atom is 0.140 e. The molecule has 0 amide bonds. The van der Waals surface area contributed by atoms with Crippen LogP contribution in [-0.2, 0) is 22.6 Å². The van der Waals surface area contributed by atoms with Crippen molar-refractivity contribution in [1.82, 2.24) is 9.88 Å². The predicted molar refractivity (Wildman–Crippen MR) is 137 cm³/mol. The largest absolute Gasteiger partial charge is 0.598 e. The predicted octanol–water partition coefficient (Wildman–Crippen LogP) is 4.50. The quantitative estimate of drug-likeness (QED) is 0.504. The summed E-state index contributed by atoms with van der Waals surface area (Å²) in [6, 6.07) is 18.6. The SMILES string of the molecule is CC(CC(C)(C)[S+](N)[O-])c1ccc(-c2cc(CN3CCOCC3)c3ccc(C#N)cc3n2)cc1. The average molecular weight is 477 g/mol. The van der Waals surface area contributed by atoms with E-state index in [-0.39, 0.29) is 5.92 Å². The molecular weight excluding hydrogens is 444 g/mol. The lowest BCUT2D eigenvalue weighted by Gasteiger charge is -2.27. The third-order valence-electron chi connectivity index (χ3n) is 6.64. The van der Waals surface area contributed by atoms with Gasteiger partial charge in [0.2, 0.25) is 0 Å². The molecular formula is C27H32N4O2S. The van der Waals surface area contributed by atoms with Crippen LogP contribution in [0, 0.1) is 11.3 Å². The molecule has 0 bridgehead atoms. The molecule has 4 rings (SSSR count). The summed E-state index contributed by atoms with van der Waals surface area (Å²) in [6.45, 7) is 10.2. The van der Waals surface area contributed by atoms with Gasteiger partial charge in [-0.1, -0.05) is 37.3 Å². The lowest BCUT2D eigenvalue weighted by Crippen LogP contribution is -2.38. The number of nitriles is 1. The van der Waals surface area contributed by atoms with Crippen molar-refractivity contribution in [3.8, 4) is 17.3 Å². The van der Waals surface area contributed by atoms with Crippen LogP contribution in [0.1, 0.15) is 49.8 Å². The summed E-state index contributed by atoms with van der Waals surface area (Å²) in [5.41, 5.74) is 5.76. The van der Waals surface area contributed by atoms with Crippen molar-refractivity contribution in [2.75, 3.05) is 26.3 Å². The first-order valence-electron chi connectivity index (χ1n) is 11.7. The van der Waals surface area contributed by atoms with Gasteiger partial charge in [0, 0.05) is 48.4 Å². The number of ether oxygens (including phenoxy) is 1. The van der Waals surface area contributed by atoms with Crippen LogP contribution in [-0.4, -0.2) is 45.5 Å². The second-order valence-electron chi connectivity index (χ2n) is 9.68. The highest BCUT2D eigenvalue weighted by molar-refractivity contribution is 7.90. The first-order valence-corrected chi connectivity index (χ1v) is 12.9. The molecule has 0 saturated carbocycles. The van der Waals surface area contributed by atoms with Crippen molar-refractivity contribution >= 4 is 22.3 Å². The van der Waals surface area contributed by atoms with E-state index >= 15 is 0 Å². The Bertz CT molecular complexity index is 1180. The molecule has 1 fully saturated rings. The molecule has 1 aromatic heterocycles. The normalized spacial score (nSPS) is 16.8. The second kappa shape index (κ2) is 10.4. The minimum atomic E-state index is -1.37. The number of pyridine rings is 1. The van der Waals surface area contributed by atoms with Gasteiger partial charge in [0.1, 0.15) is 4.75 Å². The highest BCUT2D eigenvalue weighted by Gasteiger charge is 2.32. The zero-order valence-electron chi connectivity index (χ0n) is 20.1. The van der Waals surface area contributed by atoms with E-state index in [1.54, 1.807) is 0 Å². The molecule has 3 aromatic rings. The van der Waals surface area contributed by atoms with E-state index in [1.807, 2.05) is 32.0 Å². The molecule has 2 N–H and O–H groups in total. The standard InChI is InChI=1S/C27H32N4O2S/c1-19(16-27(2,3)34(29)32)21-5-7-22(8-6-21)25-15-23(18-31-10-12-33-13-11-31)24-9-4-20(17-28)14-26(24)30-25/h4-9,14-15,19H,10-13,16,18,29H2,1-3H3. The fraction of sp³-hybridized carbons (Fsp3) is 0.407. The third kappa shape index (κ3) is 5.60. The van der Waals surface area contributed by atoms with E-state index < -0.39 is 16.1 Å². The number of rotatable bonds is 7. The summed E-state index contributed by atoms with van der Waals surface area (Å²) in [6.07, 6.45) is 0.740. The minimum absolute atomic E-state index is 0.233. The molecule has 6 nitrogen and oxygen atoms in total. The molecule has 34 heavy (non-hydrogen) atoms. The maximum atomic E-state index is 11.8. The second-order valence-corrected chi connectivity index (χ2v) is 11.4. The van der Waals surface area contributed by atoms with Gasteiger partial charge in [0.25, 0.3) is 0 Å². The van der Waals surface area contributed by atoms with E-state index in [4.69, 9.17) is 14.9 Å². The first-order chi connectivity index (χ1) is 16.3. The van der Waals surface area contributed by atoms with Gasteiger partial charge in [-0.3, -0.25) is 4.90 Å². The Morgan fingerprint density at radius 1 is 1.18 bits per heavy atom. The van der Waals surface area contributed by atoms with Crippen molar-refractivity contribution in [1.29, 1.82) is 5.26 Å². The van der Waals surface area contributed by atoms with Gasteiger partial charge in [0.05, 0.1) is 36.1 Å². The van der Waals surface area contributed by atoms with Gasteiger partial charge in [-0.15, -0.1) is 0 Å². The van der Waals surface area contributed by atoms with Crippen LogP contribution >= 0.6 is 0 Å². The van der Waals surface area contributed by atoms with Crippen molar-refractivity contribution in [3.05, 3.63) is 65.2 Å². The molecule has 1 saturated heterocycles. The molecule has 2 heterocycles. The maximum absolute atomic E-state index is 11.8. The Morgan fingerprint density at radius 3 is 2.53 bits per heavy atom. The minimum Gasteiger partial charge on any atom is -0.598 e. The molecule has 2 aromatic carbocycles. The topological polar surface area (TPSA) is 98.2 Å². The van der Waals surface area contributed by atoms with E-state index in [1.165, 1.54) is 11.1 Å². The molecule has 7 heteroatoms. The zero-order chi connectivity index (χ0) is 24.3. The Labute approximate surface area is 205 Å². The van der Waals surface area contributed by atoms with Gasteiger partial charge in [-0.2, -0.15) is 10.4 Å². The number of benzene rings is 2. The van der Waals surface area contributed by atoms with Crippen molar-refractivity contribution in [3.63, 3.8) is 0 Å². The van der Waals surface area contributed by atoms with Gasteiger partial charge >= 0.3 is 0 Å². The molecule has 0 radical (unpaired) electrons. The lowest BCUT2D eigenvalue weighted by atomic mass is 9.90. The number of aromatic nitrogens is 1. The molecule has 0 spiro atoms. The van der Waals surface area contributed by atoms with Crippen molar-refractivity contribution in [2.45, 2.75) is 44.4 Å². The summed E-state index contributed by atoms with van der Waals surface area (Å²) in [4.78, 5) is 7.31. The molecule has 178 valence electrons. The number of fused-ring (bicyclic) bond motifs is 1. The average Bonchev–Trinajstić information content (AvgIpc) is 2.84. The Balaban J connectivity index is 1.65. The van der Waals surface area contributed by atoms with Crippen LogP contribution in [0.25, 0.3) is 22.2 Å². The van der Waals surface area contributed by atoms with Crippen LogP contribution in [0.2, 0.25) is 0 Å². The van der Waals surface area contributed by atoms with Gasteiger partial charge in [-0.25, -0.2) is 4.98 Å². The number of morpholine rings is 1. The smallest absolute Gasteiger partial charge is 0.140 e. The van der Waals surface area contributed by atoms with Crippen LogP contribution in [0.15, 0.2) is 48.5 Å². The summed E-state index contributed by atoms with van der Waals surface area (Å²) in [5, 5.41) is 16.1. The molecule has 1 aliphatic rings. The third-order valence-corrected chi connectivity index (χ3v) is 7.90. The summed E-state index contributed by atoms with van der Waals surface area (Å²) < 4.78 is 16.9. The summed E-state index contributed by atoms with van der Waals surface area (Å²) in [7, 11) is 0. The van der Waals surface area contributed by atoms with Crippen LogP contribution in [0.5, 0.6) is 0 Å². The van der Waals surface area contributed by atoms with Crippen LogP contribution in [0.3, 0.4) is 0 Å². The molecule has 2 atom stereocenters. The van der Waals surface area contributed by atoms with E-state index in [2.05, 4.69) is 48.2 Å². The molecule has 2 unspecified atom stereocenters. The number of nitrogens with zero attached hydrogens (tertiary/aromatic N) is 3. The monoisotopic (exact) mass is 476 g/mol. The van der Waals surface area contributed by atoms with Crippen LogP contribution in [0.4, 0.5) is 0 Å². The summed E-state index contributed by atoms with van der Waals surface area (Å²) >= 11 is -1.37. The van der Waals surface area contributed by atoms with E-state index in [9.17, 15) is 9.81 Å². The van der Waals surface area contributed by atoms with E-state index in [0.717, 1.165) is 61.4 Å². The molecule has 0 aliphatic carbocycles. The number of hydrogen-bond donors (Lipinski definition) is 1. The highest BCUT2D eigenvalue weighted by Crippen LogP contribution is 2.32. The first kappa shape index (κ1) is 24.6. The Kier molecular flexibility index (Phi) is 7.56.